The molecule has 0 unspecified atom stereocenters. The van der Waals surface area contributed by atoms with Crippen molar-refractivity contribution in [2.45, 2.75) is 19.3 Å². The Hall–Kier alpha value is -2.38. The number of carbonyl (C=O) groups excluding carboxylic acids is 1. The molecule has 30 heavy (non-hydrogen) atoms. The summed E-state index contributed by atoms with van der Waals surface area (Å²) in [6.45, 7) is 3.28. The lowest BCUT2D eigenvalue weighted by Crippen LogP contribution is -2.40. The molecule has 1 saturated heterocycles. The molecule has 5 nitrogen and oxygen atoms in total. The number of nitrogens with one attached hydrogen (secondary N) is 1. The van der Waals surface area contributed by atoms with E-state index in [9.17, 15) is 13.6 Å². The molecule has 0 radical (unpaired) electrons. The molecular formula is C22H25ClF2N2O3. The van der Waals surface area contributed by atoms with Gasteiger partial charge in [0, 0.05) is 18.7 Å². The van der Waals surface area contributed by atoms with Crippen molar-refractivity contribution in [3.8, 4) is 11.5 Å². The van der Waals surface area contributed by atoms with Crippen LogP contribution in [-0.2, 0) is 6.42 Å². The Bertz CT molecular complexity index is 889. The first-order valence-corrected chi connectivity index (χ1v) is 9.92. The minimum Gasteiger partial charge on any atom is -0.454 e. The van der Waals surface area contributed by atoms with E-state index in [1.165, 1.54) is 12.1 Å². The number of nitrogens with zero attached hydrogens (tertiary/aromatic N) is 1. The first kappa shape index (κ1) is 22.3. The third-order valence-electron chi connectivity index (χ3n) is 5.57. The van der Waals surface area contributed by atoms with Crippen LogP contribution in [0.2, 0.25) is 0 Å². The van der Waals surface area contributed by atoms with Gasteiger partial charge < -0.3 is 19.7 Å². The van der Waals surface area contributed by atoms with E-state index in [4.69, 9.17) is 9.47 Å². The van der Waals surface area contributed by atoms with E-state index < -0.39 is 5.82 Å². The van der Waals surface area contributed by atoms with E-state index in [-0.39, 0.29) is 30.9 Å². The summed E-state index contributed by atoms with van der Waals surface area (Å²) < 4.78 is 37.7. The van der Waals surface area contributed by atoms with Crippen LogP contribution in [0.3, 0.4) is 0 Å². The molecule has 1 amide bonds. The number of piperidine rings is 1. The minimum absolute atomic E-state index is 0. The predicted octanol–water partition coefficient (Wildman–Crippen LogP) is 3.80. The largest absolute Gasteiger partial charge is 0.454 e. The number of amides is 1. The lowest BCUT2D eigenvalue weighted by molar-refractivity contribution is 0.0943. The van der Waals surface area contributed by atoms with Gasteiger partial charge in [-0.15, -0.1) is 12.4 Å². The zero-order valence-electron chi connectivity index (χ0n) is 16.5. The molecule has 162 valence electrons. The Morgan fingerprint density at radius 1 is 1.07 bits per heavy atom. The van der Waals surface area contributed by atoms with Gasteiger partial charge in [-0.3, -0.25) is 4.79 Å². The smallest absolute Gasteiger partial charge is 0.251 e. The molecular weight excluding hydrogens is 414 g/mol. The van der Waals surface area contributed by atoms with Crippen LogP contribution < -0.4 is 14.8 Å². The molecule has 0 saturated carbocycles. The highest BCUT2D eigenvalue weighted by molar-refractivity contribution is 5.94. The van der Waals surface area contributed by atoms with Crippen LogP contribution in [0.15, 0.2) is 36.4 Å². The summed E-state index contributed by atoms with van der Waals surface area (Å²) in [4.78, 5) is 14.6. The summed E-state index contributed by atoms with van der Waals surface area (Å²) in [7, 11) is 0. The highest BCUT2D eigenvalue weighted by atomic mass is 35.5. The molecule has 2 aliphatic heterocycles. The Kier molecular flexibility index (Phi) is 7.50. The van der Waals surface area contributed by atoms with Crippen LogP contribution >= 0.6 is 12.4 Å². The second kappa shape index (κ2) is 10.1. The van der Waals surface area contributed by atoms with Gasteiger partial charge in [0.1, 0.15) is 11.6 Å². The molecule has 2 aliphatic rings. The Labute approximate surface area is 180 Å². The van der Waals surface area contributed by atoms with E-state index in [2.05, 4.69) is 10.2 Å². The van der Waals surface area contributed by atoms with Crippen LogP contribution in [0.1, 0.15) is 28.8 Å². The van der Waals surface area contributed by atoms with Gasteiger partial charge in [0.05, 0.1) is 0 Å². The second-order valence-electron chi connectivity index (χ2n) is 7.55. The van der Waals surface area contributed by atoms with Gasteiger partial charge in [0.15, 0.2) is 11.5 Å². The Morgan fingerprint density at radius 3 is 2.63 bits per heavy atom. The highest BCUT2D eigenvalue weighted by Crippen LogP contribution is 2.32. The monoisotopic (exact) mass is 438 g/mol. The van der Waals surface area contributed by atoms with Gasteiger partial charge in [-0.25, -0.2) is 8.78 Å². The lowest BCUT2D eigenvalue weighted by atomic mass is 9.90. The number of carbonyl (C=O) groups is 1. The van der Waals surface area contributed by atoms with Crippen molar-refractivity contribution in [1.29, 1.82) is 0 Å². The molecule has 1 N–H and O–H groups in total. The van der Waals surface area contributed by atoms with E-state index in [0.29, 0.717) is 41.5 Å². The maximum absolute atomic E-state index is 13.8. The average Bonchev–Trinajstić information content (AvgIpc) is 3.20. The van der Waals surface area contributed by atoms with Crippen LogP contribution in [0.25, 0.3) is 0 Å². The minimum atomic E-state index is -0.392. The van der Waals surface area contributed by atoms with Crippen LogP contribution in [0, 0.1) is 17.6 Å². The normalized spacial score (nSPS) is 16.2. The third kappa shape index (κ3) is 5.40. The molecule has 2 heterocycles. The number of likely N-dealkylation sites (tertiary alicyclic amines) is 1. The fraction of sp³-hybridized carbons (Fsp3) is 0.409. The molecule has 4 rings (SSSR count). The third-order valence-corrected chi connectivity index (χ3v) is 5.57. The first-order chi connectivity index (χ1) is 14.1. The van der Waals surface area contributed by atoms with Gasteiger partial charge in [-0.05, 0) is 80.2 Å². The van der Waals surface area contributed by atoms with Gasteiger partial charge >= 0.3 is 0 Å². The van der Waals surface area contributed by atoms with Crippen molar-refractivity contribution in [3.63, 3.8) is 0 Å². The fourth-order valence-corrected chi connectivity index (χ4v) is 3.89. The van der Waals surface area contributed by atoms with Crippen LogP contribution in [0.5, 0.6) is 11.5 Å². The van der Waals surface area contributed by atoms with E-state index in [1.54, 1.807) is 18.2 Å². The summed E-state index contributed by atoms with van der Waals surface area (Å²) in [6.07, 6.45) is 2.44. The summed E-state index contributed by atoms with van der Waals surface area (Å²) >= 11 is 0. The lowest BCUT2D eigenvalue weighted by Gasteiger charge is -2.32. The number of benzene rings is 2. The first-order valence-electron chi connectivity index (χ1n) is 9.92. The summed E-state index contributed by atoms with van der Waals surface area (Å²) in [5, 5.41) is 2.93. The summed E-state index contributed by atoms with van der Waals surface area (Å²) in [5.41, 5.74) is 1.00. The molecule has 2 aromatic carbocycles. The molecule has 8 heteroatoms. The van der Waals surface area contributed by atoms with E-state index >= 15 is 0 Å². The average molecular weight is 439 g/mol. The van der Waals surface area contributed by atoms with Crippen molar-refractivity contribution < 1.29 is 23.0 Å². The van der Waals surface area contributed by atoms with Crippen molar-refractivity contribution in [2.24, 2.45) is 5.92 Å². The van der Waals surface area contributed by atoms with Crippen molar-refractivity contribution in [3.05, 3.63) is 59.2 Å². The summed E-state index contributed by atoms with van der Waals surface area (Å²) in [5.74, 6) is 0.736. The van der Waals surface area contributed by atoms with Gasteiger partial charge in [0.2, 0.25) is 6.79 Å². The fourth-order valence-electron chi connectivity index (χ4n) is 3.89. The number of ether oxygens (including phenoxy) is 2. The number of fused-ring (bicyclic) bond motifs is 1. The zero-order chi connectivity index (χ0) is 20.2. The molecule has 0 atom stereocenters. The standard InChI is InChI=1S/C22H24F2N2O3.ClH/c23-18-2-3-19(24)17(12-18)11-15-5-8-26(9-6-15)10-7-25-22(27)16-1-4-20-21(13-16)29-14-28-20;/h1-4,12-13,15H,5-11,14H2,(H,25,27);1H. The molecule has 2 aromatic rings. The van der Waals surface area contributed by atoms with Crippen molar-refractivity contribution in [2.75, 3.05) is 33.0 Å². The number of halogens is 3. The van der Waals surface area contributed by atoms with Crippen LogP contribution in [-0.4, -0.2) is 43.8 Å². The Balaban J connectivity index is 0.00000256. The van der Waals surface area contributed by atoms with E-state index in [1.807, 2.05) is 0 Å². The molecule has 0 aromatic heterocycles. The molecule has 0 aliphatic carbocycles. The number of hydrogen-bond donors (Lipinski definition) is 1. The molecule has 0 spiro atoms. The van der Waals surface area contributed by atoms with E-state index in [0.717, 1.165) is 38.5 Å². The van der Waals surface area contributed by atoms with Gasteiger partial charge in [-0.2, -0.15) is 0 Å². The Morgan fingerprint density at radius 2 is 1.83 bits per heavy atom. The molecule has 1 fully saturated rings. The predicted molar refractivity (Wildman–Crippen MR) is 111 cm³/mol. The van der Waals surface area contributed by atoms with Gasteiger partial charge in [-0.1, -0.05) is 0 Å². The second-order valence-corrected chi connectivity index (χ2v) is 7.55. The van der Waals surface area contributed by atoms with Crippen molar-refractivity contribution in [1.82, 2.24) is 10.2 Å². The zero-order valence-corrected chi connectivity index (χ0v) is 17.4. The van der Waals surface area contributed by atoms with Gasteiger partial charge in [0.25, 0.3) is 5.91 Å². The maximum atomic E-state index is 13.8. The quantitative estimate of drug-likeness (QED) is 0.745. The number of hydrogen-bond acceptors (Lipinski definition) is 4. The van der Waals surface area contributed by atoms with Crippen LogP contribution in [0.4, 0.5) is 8.78 Å². The maximum Gasteiger partial charge on any atom is 0.251 e. The molecule has 0 bridgehead atoms. The highest BCUT2D eigenvalue weighted by Gasteiger charge is 2.21. The number of rotatable bonds is 6. The summed E-state index contributed by atoms with van der Waals surface area (Å²) in [6, 6.07) is 8.80. The van der Waals surface area contributed by atoms with Crippen molar-refractivity contribution >= 4 is 18.3 Å². The topological polar surface area (TPSA) is 50.8 Å². The SMILES string of the molecule is Cl.O=C(NCCN1CCC(Cc2cc(F)ccc2F)CC1)c1ccc2c(c1)OCO2.